The Kier molecular flexibility index (Phi) is 4.03. The highest BCUT2D eigenvalue weighted by Gasteiger charge is 2.17. The highest BCUT2D eigenvalue weighted by Crippen LogP contribution is 2.21. The Labute approximate surface area is 122 Å². The predicted molar refractivity (Wildman–Crippen MR) is 74.0 cm³/mol. The second kappa shape index (κ2) is 5.55. The maximum atomic E-state index is 13.7. The molecule has 100 valence electrons. The number of carbonyl (C=O) groups is 1. The molecule has 0 radical (unpaired) electrons. The number of carboxylic acids is 1. The van der Waals surface area contributed by atoms with Gasteiger partial charge in [0.1, 0.15) is 15.2 Å². The van der Waals surface area contributed by atoms with E-state index in [1.165, 1.54) is 17.7 Å². The molecule has 0 bridgehead atoms. The van der Waals surface area contributed by atoms with E-state index < -0.39 is 17.9 Å². The zero-order valence-electron chi connectivity index (χ0n) is 9.88. The molecule has 0 saturated carbocycles. The lowest BCUT2D eigenvalue weighted by Gasteiger charge is -2.07. The SMILES string of the molecule is CC(Oc1cc(I)n(-c2ccccc2F)n1)C(=O)O. The van der Waals surface area contributed by atoms with Crippen molar-refractivity contribution in [3.63, 3.8) is 0 Å². The maximum absolute atomic E-state index is 13.7. The molecule has 2 rings (SSSR count). The summed E-state index contributed by atoms with van der Waals surface area (Å²) < 4.78 is 20.8. The highest BCUT2D eigenvalue weighted by atomic mass is 127. The Morgan fingerprint density at radius 2 is 2.21 bits per heavy atom. The number of nitrogens with zero attached hydrogens (tertiary/aromatic N) is 2. The number of rotatable bonds is 4. The quantitative estimate of drug-likeness (QED) is 0.833. The van der Waals surface area contributed by atoms with Gasteiger partial charge in [-0.2, -0.15) is 0 Å². The number of aromatic nitrogens is 2. The van der Waals surface area contributed by atoms with E-state index in [1.807, 2.05) is 22.6 Å². The third-order valence-corrected chi connectivity index (χ3v) is 3.14. The summed E-state index contributed by atoms with van der Waals surface area (Å²) in [7, 11) is 0. The van der Waals surface area contributed by atoms with Crippen molar-refractivity contribution in [3.8, 4) is 11.6 Å². The van der Waals surface area contributed by atoms with Crippen LogP contribution in [0.1, 0.15) is 6.92 Å². The van der Waals surface area contributed by atoms with E-state index in [4.69, 9.17) is 9.84 Å². The molecule has 0 spiro atoms. The van der Waals surface area contributed by atoms with Gasteiger partial charge in [-0.1, -0.05) is 12.1 Å². The predicted octanol–water partition coefficient (Wildman–Crippen LogP) is 2.47. The molecule has 1 atom stereocenters. The van der Waals surface area contributed by atoms with Gasteiger partial charge in [-0.05, 0) is 41.6 Å². The standard InChI is InChI=1S/C12H10FIN2O3/c1-7(12(17)18)19-11-6-10(14)16(15-11)9-5-3-2-4-8(9)13/h2-7H,1H3,(H,17,18). The van der Waals surface area contributed by atoms with Crippen LogP contribution in [0.4, 0.5) is 4.39 Å². The van der Waals surface area contributed by atoms with E-state index in [-0.39, 0.29) is 11.6 Å². The van der Waals surface area contributed by atoms with Crippen LogP contribution in [0.5, 0.6) is 5.88 Å². The lowest BCUT2D eigenvalue weighted by Crippen LogP contribution is -2.23. The van der Waals surface area contributed by atoms with E-state index in [2.05, 4.69) is 5.10 Å². The molecule has 1 N–H and O–H groups in total. The van der Waals surface area contributed by atoms with Gasteiger partial charge in [-0.25, -0.2) is 13.9 Å². The van der Waals surface area contributed by atoms with Crippen LogP contribution in [-0.4, -0.2) is 27.0 Å². The van der Waals surface area contributed by atoms with Gasteiger partial charge in [-0.15, -0.1) is 5.10 Å². The Balaban J connectivity index is 2.32. The van der Waals surface area contributed by atoms with Gasteiger partial charge in [0, 0.05) is 6.07 Å². The van der Waals surface area contributed by atoms with Crippen molar-refractivity contribution >= 4 is 28.6 Å². The second-order valence-electron chi connectivity index (χ2n) is 3.77. The van der Waals surface area contributed by atoms with Crippen LogP contribution in [-0.2, 0) is 4.79 Å². The van der Waals surface area contributed by atoms with E-state index in [0.717, 1.165) is 0 Å². The smallest absolute Gasteiger partial charge is 0.344 e. The Morgan fingerprint density at radius 3 is 2.84 bits per heavy atom. The molecule has 7 heteroatoms. The number of para-hydroxylation sites is 1. The van der Waals surface area contributed by atoms with Crippen LogP contribution in [0.2, 0.25) is 0 Å². The van der Waals surface area contributed by atoms with Crippen molar-refractivity contribution in [2.75, 3.05) is 0 Å². The third kappa shape index (κ3) is 3.03. The monoisotopic (exact) mass is 376 g/mol. The molecule has 1 aromatic heterocycles. The average Bonchev–Trinajstić information content (AvgIpc) is 2.70. The summed E-state index contributed by atoms with van der Waals surface area (Å²) in [5.41, 5.74) is 0.282. The molecule has 0 fully saturated rings. The minimum atomic E-state index is -1.09. The number of benzene rings is 1. The normalized spacial score (nSPS) is 12.2. The summed E-state index contributed by atoms with van der Waals surface area (Å²) in [6.07, 6.45) is -1.01. The first-order valence-corrected chi connectivity index (χ1v) is 6.47. The third-order valence-electron chi connectivity index (χ3n) is 2.37. The zero-order chi connectivity index (χ0) is 14.0. The van der Waals surface area contributed by atoms with Crippen LogP contribution < -0.4 is 4.74 Å². The lowest BCUT2D eigenvalue weighted by molar-refractivity contribution is -0.144. The average molecular weight is 376 g/mol. The fourth-order valence-corrected chi connectivity index (χ4v) is 2.05. The zero-order valence-corrected chi connectivity index (χ0v) is 12.0. The summed E-state index contributed by atoms with van der Waals surface area (Å²) in [5.74, 6) is -1.36. The molecule has 0 amide bonds. The Hall–Kier alpha value is -1.64. The van der Waals surface area contributed by atoms with E-state index in [0.29, 0.717) is 3.70 Å². The number of hydrogen-bond acceptors (Lipinski definition) is 3. The largest absolute Gasteiger partial charge is 0.479 e. The van der Waals surface area contributed by atoms with E-state index in [9.17, 15) is 9.18 Å². The topological polar surface area (TPSA) is 64.4 Å². The number of carboxylic acid groups (broad SMARTS) is 1. The van der Waals surface area contributed by atoms with Crippen LogP contribution in [0.25, 0.3) is 5.69 Å². The van der Waals surface area contributed by atoms with Crippen molar-refractivity contribution in [3.05, 3.63) is 39.8 Å². The minimum absolute atomic E-state index is 0.141. The van der Waals surface area contributed by atoms with Gasteiger partial charge in [-0.3, -0.25) is 0 Å². The number of hydrogen-bond donors (Lipinski definition) is 1. The van der Waals surface area contributed by atoms with Crippen LogP contribution >= 0.6 is 22.6 Å². The first kappa shape index (κ1) is 13.8. The van der Waals surface area contributed by atoms with Gasteiger partial charge in [0.2, 0.25) is 5.88 Å². The van der Waals surface area contributed by atoms with Gasteiger partial charge < -0.3 is 9.84 Å². The van der Waals surface area contributed by atoms with Crippen LogP contribution in [0.15, 0.2) is 30.3 Å². The molecule has 1 unspecified atom stereocenters. The fraction of sp³-hybridized carbons (Fsp3) is 0.167. The van der Waals surface area contributed by atoms with Gasteiger partial charge in [0.05, 0.1) is 0 Å². The van der Waals surface area contributed by atoms with Gasteiger partial charge in [0.15, 0.2) is 6.10 Å². The van der Waals surface area contributed by atoms with Crippen molar-refractivity contribution in [2.45, 2.75) is 13.0 Å². The Morgan fingerprint density at radius 1 is 1.53 bits per heavy atom. The first-order valence-electron chi connectivity index (χ1n) is 5.39. The molecular formula is C12H10FIN2O3. The summed E-state index contributed by atoms with van der Waals surface area (Å²) in [5, 5.41) is 12.8. The summed E-state index contributed by atoms with van der Waals surface area (Å²) >= 11 is 1.97. The molecule has 0 aliphatic carbocycles. The molecule has 5 nitrogen and oxygen atoms in total. The summed E-state index contributed by atoms with van der Waals surface area (Å²) in [6.45, 7) is 1.40. The molecule has 1 heterocycles. The first-order chi connectivity index (χ1) is 8.99. The van der Waals surface area contributed by atoms with E-state index >= 15 is 0 Å². The molecule has 2 aromatic rings. The van der Waals surface area contributed by atoms with Gasteiger partial charge >= 0.3 is 5.97 Å². The number of aliphatic carboxylic acids is 1. The molecule has 0 aliphatic rings. The van der Waals surface area contributed by atoms with Crippen LogP contribution in [0.3, 0.4) is 0 Å². The van der Waals surface area contributed by atoms with E-state index in [1.54, 1.807) is 24.3 Å². The van der Waals surface area contributed by atoms with Crippen molar-refractivity contribution < 1.29 is 19.0 Å². The lowest BCUT2D eigenvalue weighted by atomic mass is 10.3. The van der Waals surface area contributed by atoms with Crippen molar-refractivity contribution in [1.82, 2.24) is 9.78 Å². The van der Waals surface area contributed by atoms with Gasteiger partial charge in [0.25, 0.3) is 0 Å². The molecule has 1 aromatic carbocycles. The number of ether oxygens (including phenoxy) is 1. The molecule has 0 saturated heterocycles. The minimum Gasteiger partial charge on any atom is -0.479 e. The summed E-state index contributed by atoms with van der Waals surface area (Å²) in [6, 6.07) is 7.73. The van der Waals surface area contributed by atoms with Crippen molar-refractivity contribution in [2.24, 2.45) is 0 Å². The number of halogens is 2. The molecule has 19 heavy (non-hydrogen) atoms. The second-order valence-corrected chi connectivity index (χ2v) is 4.87. The molecule has 0 aliphatic heterocycles. The fourth-order valence-electron chi connectivity index (χ4n) is 1.42. The van der Waals surface area contributed by atoms with Crippen LogP contribution in [0, 0.1) is 9.52 Å². The maximum Gasteiger partial charge on any atom is 0.344 e. The van der Waals surface area contributed by atoms with Crippen molar-refractivity contribution in [1.29, 1.82) is 0 Å². The molecular weight excluding hydrogens is 366 g/mol. The Bertz CT molecular complexity index is 615. The highest BCUT2D eigenvalue weighted by molar-refractivity contribution is 14.1. The summed E-state index contributed by atoms with van der Waals surface area (Å²) in [4.78, 5) is 10.7.